The fraction of sp³-hybridized carbons (Fsp3) is 0.720. The van der Waals surface area contributed by atoms with Crippen molar-refractivity contribution in [2.45, 2.75) is 169 Å². The lowest BCUT2D eigenvalue weighted by atomic mass is 9.65. The third kappa shape index (κ3) is 10.3. The third-order valence-electron chi connectivity index (χ3n) is 16.2. The molecule has 1 saturated heterocycles. The van der Waals surface area contributed by atoms with E-state index < -0.39 is 59.4 Å². The summed E-state index contributed by atoms with van der Waals surface area (Å²) in [4.78, 5) is 18.3. The number of carbonyl (C=O) groups excluding carboxylic acids is 1. The number of nitrogens with zero attached hydrogens (tertiary/aromatic N) is 1. The molecule has 0 amide bonds. The van der Waals surface area contributed by atoms with E-state index in [0.717, 1.165) is 25.0 Å². The number of aromatic hydroxyl groups is 1. The van der Waals surface area contributed by atoms with Gasteiger partial charge in [0.1, 0.15) is 12.2 Å². The SMILES string of the molecule is CC(=O)O[C@H]1C[C@@H](O)CC[C@]23C#C[C@H]4C[C@@H]5C#C[C@H](CNC[C@]6(C5)C[C@@H](CCN6)Oc5cc(c(C(O)O)cc5O)C[C@H]14)SSC[C@@]1(CCCC4(CCCC4)C1)NC(N)=N[C@@H]2C=CC[C@H]3O. The van der Waals surface area contributed by atoms with Crippen molar-refractivity contribution in [2.75, 3.05) is 25.4 Å². The van der Waals surface area contributed by atoms with E-state index in [4.69, 9.17) is 20.2 Å². The maximum Gasteiger partial charge on any atom is 0.302 e. The van der Waals surface area contributed by atoms with Crippen molar-refractivity contribution in [2.24, 2.45) is 39.3 Å². The number of phenolic OH excluding ortho intramolecular Hbond substituents is 1. The minimum absolute atomic E-state index is 0.0263. The molecule has 0 unspecified atom stereocenters. The largest absolute Gasteiger partial charge is 0.504 e. The number of hydrogen-bond acceptors (Lipinski definition) is 15. The molecular weight excluding hydrogens is 863 g/mol. The van der Waals surface area contributed by atoms with Gasteiger partial charge in [0.25, 0.3) is 0 Å². The minimum atomic E-state index is -1.92. The van der Waals surface area contributed by atoms with E-state index in [9.17, 15) is 30.3 Å². The molecule has 4 aliphatic carbocycles. The number of aliphatic hydroxyl groups is 4. The molecule has 8 bridgehead atoms. The zero-order chi connectivity index (χ0) is 45.4. The van der Waals surface area contributed by atoms with Gasteiger partial charge in [0.05, 0.1) is 34.5 Å². The number of guanidine groups is 1. The van der Waals surface area contributed by atoms with Gasteiger partial charge in [-0.3, -0.25) is 4.79 Å². The molecule has 354 valence electrons. The van der Waals surface area contributed by atoms with Crippen LogP contribution in [0.5, 0.6) is 11.5 Å². The van der Waals surface area contributed by atoms with E-state index in [2.05, 4.69) is 39.6 Å². The average Bonchev–Trinajstić information content (AvgIpc) is 3.72. The fourth-order valence-corrected chi connectivity index (χ4v) is 15.9. The zero-order valence-corrected chi connectivity index (χ0v) is 39.4. The van der Waals surface area contributed by atoms with E-state index in [1.54, 1.807) is 6.07 Å². The average molecular weight is 932 g/mol. The smallest absolute Gasteiger partial charge is 0.302 e. The third-order valence-corrected chi connectivity index (χ3v) is 19.0. The van der Waals surface area contributed by atoms with Gasteiger partial charge >= 0.3 is 5.97 Å². The Morgan fingerprint density at radius 1 is 1.03 bits per heavy atom. The Balaban J connectivity index is 1.24. The normalized spacial score (nSPS) is 39.3. The summed E-state index contributed by atoms with van der Waals surface area (Å²) in [6.07, 6.45) is 12.1. The lowest BCUT2D eigenvalue weighted by Gasteiger charge is -2.47. The van der Waals surface area contributed by atoms with Gasteiger partial charge in [0, 0.05) is 67.5 Å². The molecule has 4 heterocycles. The van der Waals surface area contributed by atoms with E-state index in [0.29, 0.717) is 69.7 Å². The number of esters is 1. The quantitative estimate of drug-likeness (QED) is 0.0646. The molecule has 1 aromatic carbocycles. The summed E-state index contributed by atoms with van der Waals surface area (Å²) in [7, 11) is 3.68. The molecular formula is C50H69N5O8S2. The number of aliphatic hydroxyl groups excluding tert-OH is 3. The highest BCUT2D eigenvalue weighted by Crippen LogP contribution is 2.53. The summed E-state index contributed by atoms with van der Waals surface area (Å²) in [6.45, 7) is 3.40. The molecule has 8 aliphatic rings. The van der Waals surface area contributed by atoms with E-state index in [-0.39, 0.29) is 64.6 Å². The van der Waals surface area contributed by atoms with Gasteiger partial charge in [-0.05, 0) is 107 Å². The molecule has 13 nitrogen and oxygen atoms in total. The van der Waals surface area contributed by atoms with Crippen LogP contribution in [0.3, 0.4) is 0 Å². The molecule has 65 heavy (non-hydrogen) atoms. The van der Waals surface area contributed by atoms with Gasteiger partial charge in [0.15, 0.2) is 23.7 Å². The Bertz CT molecular complexity index is 2110. The summed E-state index contributed by atoms with van der Waals surface area (Å²) in [5.74, 6) is 14.4. The topological polar surface area (TPSA) is 211 Å². The number of phenols is 1. The van der Waals surface area contributed by atoms with Gasteiger partial charge < -0.3 is 56.7 Å². The number of benzene rings is 1. The number of nitrogens with one attached hydrogen (secondary N) is 3. The standard InChI is InChI=1S/C50H69N5O8S2/c1-31(56)62-41-23-35(57)11-18-50-17-10-33-20-32-8-9-37(65-64-30-48(16-5-15-47(28-48)13-2-3-14-47)55-46(51)54-43(50)6-4-7-44(50)59)27-52-29-49(25-32)26-36(12-19-53-49)63-42-22-34(21-38(33)41)39(45(60)61)24-40(42)58/h4,6,22,24,32-33,35-38,41,43-45,52-53,57-61H,2-3,5,7,11-16,18-21,23,25-30H2,1H3,(H3,51,54,55)/t32-,33-,35-,36+,37+,38-,41-,43+,44+,48-,49-,50+/m0/s1. The highest BCUT2D eigenvalue weighted by atomic mass is 33.1. The monoisotopic (exact) mass is 931 g/mol. The second-order valence-corrected chi connectivity index (χ2v) is 23.4. The van der Waals surface area contributed by atoms with E-state index in [1.165, 1.54) is 45.1 Å². The van der Waals surface area contributed by atoms with Crippen LogP contribution in [-0.2, 0) is 16.0 Å². The summed E-state index contributed by atoms with van der Waals surface area (Å²) in [5, 5.41) is 68.7. The van der Waals surface area contributed by atoms with Gasteiger partial charge in [0.2, 0.25) is 0 Å². The Hall–Kier alpha value is -3.12. The Labute approximate surface area is 392 Å². The highest BCUT2D eigenvalue weighted by Gasteiger charge is 2.50. The van der Waals surface area contributed by atoms with E-state index >= 15 is 0 Å². The molecule has 15 heteroatoms. The van der Waals surface area contributed by atoms with Gasteiger partial charge in [-0.1, -0.05) is 76.7 Å². The van der Waals surface area contributed by atoms with Crippen LogP contribution < -0.4 is 26.4 Å². The van der Waals surface area contributed by atoms with Crippen LogP contribution in [0, 0.1) is 52.3 Å². The van der Waals surface area contributed by atoms with Gasteiger partial charge in [-0.15, -0.1) is 0 Å². The summed E-state index contributed by atoms with van der Waals surface area (Å²) in [5.41, 5.74) is 6.14. The number of carbonyl (C=O) groups is 1. The highest BCUT2D eigenvalue weighted by molar-refractivity contribution is 8.77. The van der Waals surface area contributed by atoms with Crippen molar-refractivity contribution >= 4 is 33.5 Å². The van der Waals surface area contributed by atoms with Crippen LogP contribution in [0.15, 0.2) is 29.3 Å². The fourth-order valence-electron chi connectivity index (χ4n) is 13.1. The summed E-state index contributed by atoms with van der Waals surface area (Å²) < 4.78 is 12.9. The maximum absolute atomic E-state index is 13.0. The molecule has 0 radical (unpaired) electrons. The lowest BCUT2D eigenvalue weighted by Crippen LogP contribution is -2.59. The Morgan fingerprint density at radius 2 is 1.86 bits per heavy atom. The number of aliphatic imine (C=N–C) groups is 1. The molecule has 10 N–H and O–H groups in total. The van der Waals surface area contributed by atoms with Crippen LogP contribution in [0.4, 0.5) is 0 Å². The Morgan fingerprint density at radius 3 is 2.68 bits per heavy atom. The number of fused-ring (bicyclic) bond motifs is 4. The molecule has 2 saturated carbocycles. The molecule has 4 spiro atoms. The molecule has 1 aromatic rings. The first-order valence-corrected chi connectivity index (χ1v) is 26.6. The van der Waals surface area contributed by atoms with Crippen molar-refractivity contribution in [1.29, 1.82) is 0 Å². The van der Waals surface area contributed by atoms with Crippen molar-refractivity contribution in [3.05, 3.63) is 35.4 Å². The van der Waals surface area contributed by atoms with Crippen LogP contribution in [0.1, 0.15) is 127 Å². The molecule has 4 aliphatic heterocycles. The van der Waals surface area contributed by atoms with Crippen LogP contribution in [0.25, 0.3) is 0 Å². The molecule has 9 rings (SSSR count). The van der Waals surface area contributed by atoms with Crippen molar-refractivity contribution in [3.63, 3.8) is 0 Å². The second-order valence-electron chi connectivity index (χ2n) is 20.9. The Kier molecular flexibility index (Phi) is 14.1. The van der Waals surface area contributed by atoms with Crippen LogP contribution in [-0.4, -0.2) is 110 Å². The van der Waals surface area contributed by atoms with Crippen molar-refractivity contribution in [1.82, 2.24) is 16.0 Å². The van der Waals surface area contributed by atoms with Crippen LogP contribution >= 0.6 is 21.6 Å². The molecule has 0 aromatic heterocycles. The predicted molar refractivity (Wildman–Crippen MR) is 254 cm³/mol. The maximum atomic E-state index is 13.0. The van der Waals surface area contributed by atoms with Crippen molar-refractivity contribution in [3.8, 4) is 35.2 Å². The number of nitrogens with two attached hydrogens (primary N) is 1. The first kappa shape index (κ1) is 47.0. The van der Waals surface area contributed by atoms with Gasteiger partial charge in [-0.25, -0.2) is 4.99 Å². The van der Waals surface area contributed by atoms with Gasteiger partial charge in [-0.2, -0.15) is 0 Å². The number of ether oxygens (including phenoxy) is 2. The predicted octanol–water partition coefficient (Wildman–Crippen LogP) is 4.73. The molecule has 3 fully saturated rings. The summed E-state index contributed by atoms with van der Waals surface area (Å²) >= 11 is 0. The van der Waals surface area contributed by atoms with Crippen molar-refractivity contribution < 1.29 is 39.8 Å². The second kappa shape index (κ2) is 19.5. The first-order valence-electron chi connectivity index (χ1n) is 24.2. The zero-order valence-electron chi connectivity index (χ0n) is 37.7. The lowest BCUT2D eigenvalue weighted by molar-refractivity contribution is -0.152. The number of rotatable bonds is 2. The van der Waals surface area contributed by atoms with Crippen LogP contribution in [0.2, 0.25) is 0 Å². The first-order chi connectivity index (χ1) is 31.2. The number of piperidine rings is 1. The minimum Gasteiger partial charge on any atom is -0.504 e. The summed E-state index contributed by atoms with van der Waals surface area (Å²) in [6, 6.07) is 2.41. The van der Waals surface area contributed by atoms with E-state index in [1.807, 2.05) is 33.7 Å². The molecule has 12 atom stereocenters. The number of hydrogen-bond donors (Lipinski definition) is 9.